The Morgan fingerprint density at radius 1 is 1.31 bits per heavy atom. The van der Waals surface area contributed by atoms with E-state index in [1.165, 1.54) is 23.1 Å². The van der Waals surface area contributed by atoms with E-state index >= 15 is 0 Å². The van der Waals surface area contributed by atoms with Gasteiger partial charge in [0.05, 0.1) is 16.7 Å². The zero-order chi connectivity index (χ0) is 20.5. The van der Waals surface area contributed by atoms with Crippen molar-refractivity contribution in [3.8, 4) is 5.75 Å². The summed E-state index contributed by atoms with van der Waals surface area (Å²) in [6.07, 6.45) is 2.63. The maximum absolute atomic E-state index is 12.7. The van der Waals surface area contributed by atoms with E-state index in [9.17, 15) is 19.7 Å². The van der Waals surface area contributed by atoms with Crippen LogP contribution in [0.15, 0.2) is 36.4 Å². The van der Waals surface area contributed by atoms with Crippen LogP contribution in [0.1, 0.15) is 30.0 Å². The van der Waals surface area contributed by atoms with Gasteiger partial charge in [-0.3, -0.25) is 24.6 Å². The maximum atomic E-state index is 12.7. The number of rotatable bonds is 4. The molecule has 1 atom stereocenters. The summed E-state index contributed by atoms with van der Waals surface area (Å²) < 4.78 is 5.33. The van der Waals surface area contributed by atoms with E-state index in [2.05, 4.69) is 5.32 Å². The molecular formula is C20H20N4O5. The Bertz CT molecular complexity index is 1010. The minimum Gasteiger partial charge on any atom is -0.482 e. The van der Waals surface area contributed by atoms with Gasteiger partial charge >= 0.3 is 0 Å². The summed E-state index contributed by atoms with van der Waals surface area (Å²) in [5.41, 5.74) is 8.74. The van der Waals surface area contributed by atoms with Crippen LogP contribution in [0.3, 0.4) is 0 Å². The number of ether oxygens (including phenoxy) is 1. The van der Waals surface area contributed by atoms with Crippen molar-refractivity contribution < 1.29 is 19.2 Å². The van der Waals surface area contributed by atoms with Crippen molar-refractivity contribution in [2.24, 2.45) is 0 Å². The fourth-order valence-corrected chi connectivity index (χ4v) is 3.85. The molecule has 0 spiro atoms. The lowest BCUT2D eigenvalue weighted by atomic mass is 9.87. The summed E-state index contributed by atoms with van der Waals surface area (Å²) in [7, 11) is 0. The molecule has 2 aromatic rings. The molecule has 2 amide bonds. The first kappa shape index (κ1) is 18.7. The molecule has 1 unspecified atom stereocenters. The SMILES string of the molecule is Nc1ccc2c(c1)CCCC2NC(=O)CN1C(=O)COc2ccc([N+](=O)[O-])cc21. The molecule has 3 N–H and O–H groups in total. The van der Waals surface area contributed by atoms with Crippen molar-refractivity contribution in [3.05, 3.63) is 57.6 Å². The number of hydrogen-bond donors (Lipinski definition) is 2. The van der Waals surface area contributed by atoms with Gasteiger partial charge in [0.2, 0.25) is 5.91 Å². The van der Waals surface area contributed by atoms with E-state index in [1.807, 2.05) is 18.2 Å². The van der Waals surface area contributed by atoms with Crippen LogP contribution < -0.4 is 20.7 Å². The summed E-state index contributed by atoms with van der Waals surface area (Å²) in [5.74, 6) is -0.432. The van der Waals surface area contributed by atoms with E-state index < -0.39 is 10.8 Å². The Morgan fingerprint density at radius 3 is 2.93 bits per heavy atom. The Balaban J connectivity index is 1.53. The van der Waals surface area contributed by atoms with Crippen molar-refractivity contribution in [2.45, 2.75) is 25.3 Å². The zero-order valence-electron chi connectivity index (χ0n) is 15.6. The number of non-ortho nitro benzene ring substituents is 1. The van der Waals surface area contributed by atoms with Crippen LogP contribution in [-0.4, -0.2) is 29.9 Å². The largest absolute Gasteiger partial charge is 0.482 e. The van der Waals surface area contributed by atoms with Gasteiger partial charge in [-0.25, -0.2) is 0 Å². The Morgan fingerprint density at radius 2 is 2.14 bits per heavy atom. The van der Waals surface area contributed by atoms with Crippen molar-refractivity contribution in [1.82, 2.24) is 5.32 Å². The molecule has 1 heterocycles. The Hall–Kier alpha value is -3.62. The molecule has 0 aromatic heterocycles. The van der Waals surface area contributed by atoms with Crippen molar-refractivity contribution >= 4 is 28.9 Å². The highest BCUT2D eigenvalue weighted by Crippen LogP contribution is 2.35. The third-order valence-corrected chi connectivity index (χ3v) is 5.21. The molecule has 0 bridgehead atoms. The summed E-state index contributed by atoms with van der Waals surface area (Å²) in [5, 5.41) is 14.1. The number of fused-ring (bicyclic) bond motifs is 2. The molecule has 1 aliphatic heterocycles. The predicted molar refractivity (Wildman–Crippen MR) is 106 cm³/mol. The van der Waals surface area contributed by atoms with Crippen molar-refractivity contribution in [3.63, 3.8) is 0 Å². The van der Waals surface area contributed by atoms with E-state index in [4.69, 9.17) is 10.5 Å². The highest BCUT2D eigenvalue weighted by atomic mass is 16.6. The average molecular weight is 396 g/mol. The van der Waals surface area contributed by atoms with Gasteiger partial charge in [-0.15, -0.1) is 0 Å². The van der Waals surface area contributed by atoms with Crippen molar-refractivity contribution in [2.75, 3.05) is 23.8 Å². The molecule has 150 valence electrons. The number of nitrogens with one attached hydrogen (secondary N) is 1. The van der Waals surface area contributed by atoms with Crippen LogP contribution in [0.5, 0.6) is 5.75 Å². The summed E-state index contributed by atoms with van der Waals surface area (Å²) >= 11 is 0. The number of carbonyl (C=O) groups excluding carboxylic acids is 2. The fraction of sp³-hybridized carbons (Fsp3) is 0.300. The van der Waals surface area contributed by atoms with Gasteiger partial charge in [0.1, 0.15) is 12.3 Å². The number of nitrogens with zero attached hydrogens (tertiary/aromatic N) is 2. The number of anilines is 2. The third-order valence-electron chi connectivity index (χ3n) is 5.21. The first-order valence-corrected chi connectivity index (χ1v) is 9.31. The molecular weight excluding hydrogens is 376 g/mol. The molecule has 2 aromatic carbocycles. The van der Waals surface area contributed by atoms with Crippen LogP contribution >= 0.6 is 0 Å². The normalized spacial score (nSPS) is 17.7. The van der Waals surface area contributed by atoms with Crippen LogP contribution in [0.25, 0.3) is 0 Å². The third kappa shape index (κ3) is 3.71. The van der Waals surface area contributed by atoms with Gasteiger partial charge in [-0.05, 0) is 48.6 Å². The second-order valence-corrected chi connectivity index (χ2v) is 7.15. The molecule has 1 aliphatic carbocycles. The lowest BCUT2D eigenvalue weighted by Gasteiger charge is -2.30. The monoisotopic (exact) mass is 396 g/mol. The molecule has 4 rings (SSSR count). The highest BCUT2D eigenvalue weighted by Gasteiger charge is 2.30. The highest BCUT2D eigenvalue weighted by molar-refractivity contribution is 6.02. The van der Waals surface area contributed by atoms with Crippen LogP contribution in [0.4, 0.5) is 17.1 Å². The number of nitrogen functional groups attached to an aromatic ring is 1. The molecule has 29 heavy (non-hydrogen) atoms. The summed E-state index contributed by atoms with van der Waals surface area (Å²) in [6.45, 7) is -0.458. The lowest BCUT2D eigenvalue weighted by molar-refractivity contribution is -0.384. The molecule has 9 heteroatoms. The number of amides is 2. The quantitative estimate of drug-likeness (QED) is 0.463. The fourth-order valence-electron chi connectivity index (χ4n) is 3.85. The molecule has 0 fully saturated rings. The number of benzene rings is 2. The number of nitro groups is 1. The van der Waals surface area contributed by atoms with Gasteiger partial charge in [0.25, 0.3) is 11.6 Å². The minimum atomic E-state index is -0.553. The number of aryl methyl sites for hydroxylation is 1. The molecule has 0 saturated carbocycles. The van der Waals surface area contributed by atoms with Gasteiger partial charge in [0, 0.05) is 17.8 Å². The first-order valence-electron chi connectivity index (χ1n) is 9.31. The van der Waals surface area contributed by atoms with E-state index in [0.29, 0.717) is 11.4 Å². The van der Waals surface area contributed by atoms with Gasteiger partial charge in [0.15, 0.2) is 6.61 Å². The van der Waals surface area contributed by atoms with E-state index in [-0.39, 0.29) is 36.5 Å². The number of carbonyl (C=O) groups is 2. The number of hydrogen-bond acceptors (Lipinski definition) is 6. The molecule has 0 saturated heterocycles. The summed E-state index contributed by atoms with van der Waals surface area (Å²) in [6, 6.07) is 9.49. The van der Waals surface area contributed by atoms with Gasteiger partial charge in [-0.1, -0.05) is 6.07 Å². The average Bonchev–Trinajstić information content (AvgIpc) is 2.69. The number of nitro benzene ring substituents is 1. The van der Waals surface area contributed by atoms with E-state index in [0.717, 1.165) is 30.4 Å². The Labute approximate surface area is 166 Å². The van der Waals surface area contributed by atoms with E-state index in [1.54, 1.807) is 0 Å². The maximum Gasteiger partial charge on any atom is 0.271 e. The topological polar surface area (TPSA) is 128 Å². The standard InChI is InChI=1S/C20H20N4O5/c21-13-4-6-15-12(8-13)2-1-3-16(15)22-19(25)10-23-17-9-14(24(27)28)5-7-18(17)29-11-20(23)26/h4-9,16H,1-3,10-11,21H2,(H,22,25). The summed E-state index contributed by atoms with van der Waals surface area (Å²) in [4.78, 5) is 36.8. The predicted octanol–water partition coefficient (Wildman–Crippen LogP) is 2.10. The Kier molecular flexibility index (Phi) is 4.79. The smallest absolute Gasteiger partial charge is 0.271 e. The van der Waals surface area contributed by atoms with Crippen LogP contribution in [0, 0.1) is 10.1 Å². The van der Waals surface area contributed by atoms with Crippen LogP contribution in [0.2, 0.25) is 0 Å². The molecule has 0 radical (unpaired) electrons. The lowest BCUT2D eigenvalue weighted by Crippen LogP contribution is -2.46. The number of nitrogens with two attached hydrogens (primary N) is 1. The van der Waals surface area contributed by atoms with Crippen molar-refractivity contribution in [1.29, 1.82) is 0 Å². The molecule has 2 aliphatic rings. The second-order valence-electron chi connectivity index (χ2n) is 7.15. The minimum absolute atomic E-state index is 0.160. The first-order chi connectivity index (χ1) is 13.9. The van der Waals surface area contributed by atoms with Gasteiger partial charge in [-0.2, -0.15) is 0 Å². The second kappa shape index (κ2) is 7.42. The van der Waals surface area contributed by atoms with Gasteiger partial charge < -0.3 is 15.8 Å². The zero-order valence-corrected chi connectivity index (χ0v) is 15.6. The van der Waals surface area contributed by atoms with Crippen LogP contribution in [-0.2, 0) is 16.0 Å². The molecule has 9 nitrogen and oxygen atoms in total.